The Morgan fingerprint density at radius 2 is 1.80 bits per heavy atom. The van der Waals surface area contributed by atoms with Gasteiger partial charge in [0.05, 0.1) is 10.7 Å². The summed E-state index contributed by atoms with van der Waals surface area (Å²) in [6.45, 7) is 10.2. The summed E-state index contributed by atoms with van der Waals surface area (Å²) in [7, 11) is 0. The fraction of sp³-hybridized carbons (Fsp3) is 0.556. The molecule has 168 valence electrons. The summed E-state index contributed by atoms with van der Waals surface area (Å²) >= 11 is 0.559. The van der Waals surface area contributed by atoms with Crippen LogP contribution >= 0.6 is 11.8 Å². The number of carboxylic acid groups (broad SMARTS) is 1. The van der Waals surface area contributed by atoms with Crippen LogP contribution in [-0.2, 0) is 33.3 Å². The number of alkyl carbamates (subject to hydrolysis) is 1. The number of ether oxygens (including phenoxy) is 5. The number of hydrogen-bond donors (Lipinski definition) is 2. The molecule has 0 spiro atoms. The molecule has 1 rings (SSSR count). The fourth-order valence-electron chi connectivity index (χ4n) is 2.02. The Morgan fingerprint density at radius 1 is 1.17 bits per heavy atom. The molecule has 0 bridgehead atoms. The number of amides is 1. The van der Waals surface area contributed by atoms with Crippen molar-refractivity contribution < 1.29 is 48.0 Å². The van der Waals surface area contributed by atoms with Crippen LogP contribution in [0, 0.1) is 5.92 Å². The molecule has 1 aliphatic heterocycles. The molecule has 0 aromatic carbocycles. The molecule has 1 atom stereocenters. The number of rotatable bonds is 9. The Hall–Kier alpha value is -2.89. The summed E-state index contributed by atoms with van der Waals surface area (Å²) < 4.78 is 23.3. The van der Waals surface area contributed by atoms with E-state index in [0.717, 1.165) is 0 Å². The Morgan fingerprint density at radius 3 is 2.30 bits per heavy atom. The van der Waals surface area contributed by atoms with Gasteiger partial charge in [0.25, 0.3) is 5.95 Å². The third-order valence-electron chi connectivity index (χ3n) is 3.63. The summed E-state index contributed by atoms with van der Waals surface area (Å²) in [5.74, 6) is -1.69. The van der Waals surface area contributed by atoms with Crippen molar-refractivity contribution in [2.75, 3.05) is 13.4 Å². The largest absolute Gasteiger partial charge is 0.480 e. The molecular formula is C18H25NO10S. The molecule has 0 unspecified atom stereocenters. The Kier molecular flexibility index (Phi) is 9.02. The van der Waals surface area contributed by atoms with Gasteiger partial charge in [-0.15, -0.1) is 0 Å². The average molecular weight is 447 g/mol. The molecule has 0 aliphatic carbocycles. The van der Waals surface area contributed by atoms with Crippen LogP contribution in [0.5, 0.6) is 0 Å². The lowest BCUT2D eigenvalue weighted by Gasteiger charge is -2.29. The van der Waals surface area contributed by atoms with Crippen molar-refractivity contribution in [2.45, 2.75) is 45.4 Å². The van der Waals surface area contributed by atoms with Gasteiger partial charge in [-0.3, -0.25) is 4.79 Å². The Balaban J connectivity index is 2.59. The standard InChI is InChI=1S/C18H25NO10S/c1-9(2)15(22)26-8-27-16(23)19-13(14(20)21)18(5,6)30-17(24)25-7-12-10(3)28-11(4)29-12/h9,13H,4,7-8H2,1-3,5-6H3,(H,19,23)(H,20,21)/t13-/m0/s1. The number of carbonyl (C=O) groups is 4. The predicted octanol–water partition coefficient (Wildman–Crippen LogP) is 2.72. The van der Waals surface area contributed by atoms with Gasteiger partial charge in [0.15, 0.2) is 12.4 Å². The van der Waals surface area contributed by atoms with Crippen LogP contribution in [0.4, 0.5) is 9.59 Å². The third-order valence-corrected chi connectivity index (χ3v) is 4.68. The SMILES string of the molecule is C=C1OC(C)=C(COC(=O)SC(C)(C)[C@@H](NC(=O)OCOC(=O)C(C)C)C(=O)O)O1. The Labute approximate surface area is 177 Å². The van der Waals surface area contributed by atoms with E-state index < -0.39 is 46.8 Å². The summed E-state index contributed by atoms with van der Waals surface area (Å²) in [5, 5.41) is 10.8. The first-order valence-electron chi connectivity index (χ1n) is 8.76. The van der Waals surface area contributed by atoms with Gasteiger partial charge in [0, 0.05) is 0 Å². The molecule has 1 heterocycles. The third kappa shape index (κ3) is 7.85. The number of thioether (sulfide) groups is 1. The van der Waals surface area contributed by atoms with Crippen LogP contribution in [0.25, 0.3) is 0 Å². The van der Waals surface area contributed by atoms with Gasteiger partial charge in [0.2, 0.25) is 6.79 Å². The van der Waals surface area contributed by atoms with Gasteiger partial charge in [-0.2, -0.15) is 0 Å². The average Bonchev–Trinajstić information content (AvgIpc) is 2.94. The minimum Gasteiger partial charge on any atom is -0.480 e. The lowest BCUT2D eigenvalue weighted by molar-refractivity contribution is -0.156. The van der Waals surface area contributed by atoms with E-state index in [2.05, 4.69) is 21.4 Å². The van der Waals surface area contributed by atoms with E-state index in [4.69, 9.17) is 14.2 Å². The molecular weight excluding hydrogens is 422 g/mol. The van der Waals surface area contributed by atoms with Gasteiger partial charge in [0.1, 0.15) is 11.8 Å². The molecule has 0 saturated carbocycles. The number of allylic oxidation sites excluding steroid dienone is 1. The number of esters is 1. The summed E-state index contributed by atoms with van der Waals surface area (Å²) in [6.07, 6.45) is -1.13. The Bertz CT molecular complexity index is 743. The summed E-state index contributed by atoms with van der Waals surface area (Å²) in [6, 6.07) is -1.52. The first-order chi connectivity index (χ1) is 13.8. The van der Waals surface area contributed by atoms with Gasteiger partial charge >= 0.3 is 23.3 Å². The van der Waals surface area contributed by atoms with Gasteiger partial charge in [-0.25, -0.2) is 14.4 Å². The van der Waals surface area contributed by atoms with Crippen LogP contribution in [0.3, 0.4) is 0 Å². The van der Waals surface area contributed by atoms with Crippen molar-refractivity contribution in [1.82, 2.24) is 5.32 Å². The van der Waals surface area contributed by atoms with E-state index in [1.165, 1.54) is 13.8 Å². The molecule has 0 fully saturated rings. The molecule has 0 radical (unpaired) electrons. The van der Waals surface area contributed by atoms with Crippen molar-refractivity contribution in [1.29, 1.82) is 0 Å². The zero-order valence-electron chi connectivity index (χ0n) is 17.3. The second kappa shape index (κ2) is 10.8. The maximum atomic E-state index is 12.1. The molecule has 0 saturated heterocycles. The summed E-state index contributed by atoms with van der Waals surface area (Å²) in [5.41, 5.74) is 0. The number of nitrogens with one attached hydrogen (secondary N) is 1. The van der Waals surface area contributed by atoms with Crippen LogP contribution in [0.1, 0.15) is 34.6 Å². The van der Waals surface area contributed by atoms with Crippen LogP contribution in [0.15, 0.2) is 24.0 Å². The van der Waals surface area contributed by atoms with Gasteiger partial charge in [-0.1, -0.05) is 13.8 Å². The first-order valence-corrected chi connectivity index (χ1v) is 9.58. The fourth-order valence-corrected chi connectivity index (χ4v) is 2.84. The lowest BCUT2D eigenvalue weighted by atomic mass is 10.0. The highest BCUT2D eigenvalue weighted by Gasteiger charge is 2.40. The highest BCUT2D eigenvalue weighted by Crippen LogP contribution is 2.31. The van der Waals surface area contributed by atoms with Crippen molar-refractivity contribution in [3.63, 3.8) is 0 Å². The number of aliphatic carboxylic acids is 1. The summed E-state index contributed by atoms with van der Waals surface area (Å²) in [4.78, 5) is 46.9. The molecule has 0 aromatic rings. The topological polar surface area (TPSA) is 147 Å². The van der Waals surface area contributed by atoms with Gasteiger partial charge < -0.3 is 34.1 Å². The predicted molar refractivity (Wildman–Crippen MR) is 104 cm³/mol. The smallest absolute Gasteiger partial charge is 0.410 e. The van der Waals surface area contributed by atoms with Crippen LogP contribution < -0.4 is 5.32 Å². The number of hydrogen-bond acceptors (Lipinski definition) is 10. The zero-order valence-corrected chi connectivity index (χ0v) is 18.1. The van der Waals surface area contributed by atoms with E-state index in [9.17, 15) is 24.3 Å². The maximum absolute atomic E-state index is 12.1. The van der Waals surface area contributed by atoms with E-state index in [1.807, 2.05) is 0 Å². The maximum Gasteiger partial charge on any atom is 0.410 e. The van der Waals surface area contributed by atoms with Crippen molar-refractivity contribution >= 4 is 35.1 Å². The van der Waals surface area contributed by atoms with E-state index in [1.54, 1.807) is 20.8 Å². The highest BCUT2D eigenvalue weighted by molar-refractivity contribution is 8.14. The molecule has 1 aliphatic rings. The normalized spacial score (nSPS) is 14.5. The monoisotopic (exact) mass is 447 g/mol. The van der Waals surface area contributed by atoms with E-state index in [-0.39, 0.29) is 18.3 Å². The minimum absolute atomic E-state index is 0.0549. The zero-order chi connectivity index (χ0) is 23.1. The molecule has 11 nitrogen and oxygen atoms in total. The molecule has 12 heteroatoms. The highest BCUT2D eigenvalue weighted by atomic mass is 32.2. The van der Waals surface area contributed by atoms with Gasteiger partial charge in [-0.05, 0) is 39.1 Å². The van der Waals surface area contributed by atoms with Crippen LogP contribution in [-0.4, -0.2) is 52.6 Å². The second-order valence-electron chi connectivity index (χ2n) is 6.88. The number of carbonyl (C=O) groups excluding carboxylic acids is 3. The first kappa shape index (κ1) is 25.1. The quantitative estimate of drug-likeness (QED) is 0.397. The van der Waals surface area contributed by atoms with E-state index >= 15 is 0 Å². The second-order valence-corrected chi connectivity index (χ2v) is 8.47. The molecule has 1 amide bonds. The van der Waals surface area contributed by atoms with Crippen LogP contribution in [0.2, 0.25) is 0 Å². The number of carboxylic acids is 1. The van der Waals surface area contributed by atoms with Crippen molar-refractivity contribution in [3.05, 3.63) is 24.0 Å². The van der Waals surface area contributed by atoms with E-state index in [0.29, 0.717) is 17.5 Å². The van der Waals surface area contributed by atoms with Crippen molar-refractivity contribution in [3.8, 4) is 0 Å². The molecule has 0 aromatic heterocycles. The molecule has 30 heavy (non-hydrogen) atoms. The molecule has 2 N–H and O–H groups in total. The lowest BCUT2D eigenvalue weighted by Crippen LogP contribution is -2.53. The van der Waals surface area contributed by atoms with Crippen molar-refractivity contribution in [2.24, 2.45) is 5.92 Å². The minimum atomic E-state index is -1.52.